The molecule has 0 aliphatic carbocycles. The third-order valence-electron chi connectivity index (χ3n) is 5.11. The van der Waals surface area contributed by atoms with Crippen molar-refractivity contribution >= 4 is 21.5 Å². The van der Waals surface area contributed by atoms with Gasteiger partial charge in [0.25, 0.3) is 0 Å². The van der Waals surface area contributed by atoms with E-state index >= 15 is 0 Å². The normalized spacial score (nSPS) is 12.5. The second-order valence-electron chi connectivity index (χ2n) is 7.98. The van der Waals surface area contributed by atoms with Crippen molar-refractivity contribution in [3.8, 4) is 0 Å². The molecule has 0 aliphatic heterocycles. The Bertz CT molecular complexity index is 884. The summed E-state index contributed by atoms with van der Waals surface area (Å²) in [6.07, 6.45) is 0. The molecule has 0 spiro atoms. The van der Waals surface area contributed by atoms with Gasteiger partial charge in [-0.05, 0) is 60.9 Å². The van der Waals surface area contributed by atoms with Gasteiger partial charge in [0.2, 0.25) is 0 Å². The fourth-order valence-corrected chi connectivity index (χ4v) is 3.52. The van der Waals surface area contributed by atoms with Gasteiger partial charge in [-0.25, -0.2) is 0 Å². The molecular formula is C24H32N6. The van der Waals surface area contributed by atoms with Crippen LogP contribution < -0.4 is 0 Å². The summed E-state index contributed by atoms with van der Waals surface area (Å²) in [4.78, 5) is 4.23. The van der Waals surface area contributed by atoms with Crippen molar-refractivity contribution < 1.29 is 0 Å². The molecule has 158 valence electrons. The molecule has 0 N–H and O–H groups in total. The highest BCUT2D eigenvalue weighted by Crippen LogP contribution is 2.34. The first-order chi connectivity index (χ1) is 14.6. The largest absolute Gasteiger partial charge is 0.307 e. The van der Waals surface area contributed by atoms with Crippen molar-refractivity contribution in [2.75, 3.05) is 54.4 Å². The first-order valence-electron chi connectivity index (χ1n) is 10.4. The molecule has 0 fully saturated rings. The Morgan fingerprint density at radius 2 is 0.867 bits per heavy atom. The Kier molecular flexibility index (Phi) is 7.99. The smallest absolute Gasteiger partial charge is 0.0861 e. The first-order valence-corrected chi connectivity index (χ1v) is 10.4. The second kappa shape index (κ2) is 10.9. The van der Waals surface area contributed by atoms with Crippen LogP contribution >= 0.6 is 0 Å². The molecule has 6 nitrogen and oxygen atoms in total. The second-order valence-corrected chi connectivity index (χ2v) is 7.98. The lowest BCUT2D eigenvalue weighted by atomic mass is 9.92. The van der Waals surface area contributed by atoms with Gasteiger partial charge in [0, 0.05) is 13.1 Å². The third kappa shape index (κ3) is 5.68. The van der Waals surface area contributed by atoms with Crippen LogP contribution in [0.4, 0.5) is 0 Å². The van der Waals surface area contributed by atoms with Crippen LogP contribution in [0.2, 0.25) is 0 Å². The molecule has 0 aliphatic rings. The van der Waals surface area contributed by atoms with Gasteiger partial charge >= 0.3 is 0 Å². The minimum Gasteiger partial charge on any atom is -0.307 e. The summed E-state index contributed by atoms with van der Waals surface area (Å²) >= 11 is 0. The standard InChI is InChI=1S/C24H32N6/c1-29(2)15-13-25-27-17-23-19-9-5-7-11-21(19)24(18-28-26-14-16-30(3)4)22-12-8-6-10-20(22)23/h5-12H,13-18H2,1-4H3. The van der Waals surface area contributed by atoms with Crippen LogP contribution in [0.25, 0.3) is 21.5 Å². The number of fused-ring (bicyclic) bond motifs is 2. The zero-order valence-corrected chi connectivity index (χ0v) is 18.5. The number of nitrogens with zero attached hydrogens (tertiary/aromatic N) is 6. The summed E-state index contributed by atoms with van der Waals surface area (Å²) in [6.45, 7) is 4.41. The molecule has 3 rings (SSSR count). The molecule has 0 bridgehead atoms. The van der Waals surface area contributed by atoms with E-state index in [1.54, 1.807) is 0 Å². The van der Waals surface area contributed by atoms with Crippen LogP contribution in [0.1, 0.15) is 11.1 Å². The minimum atomic E-state index is 0.582. The Morgan fingerprint density at radius 3 is 1.17 bits per heavy atom. The lowest BCUT2D eigenvalue weighted by molar-refractivity contribution is 0.416. The van der Waals surface area contributed by atoms with Gasteiger partial charge in [0.05, 0.1) is 26.2 Å². The fourth-order valence-electron chi connectivity index (χ4n) is 3.52. The predicted octanol–water partition coefficient (Wildman–Crippen LogP) is 5.02. The highest BCUT2D eigenvalue weighted by molar-refractivity contribution is 6.05. The number of likely N-dealkylation sites (N-methyl/N-ethyl adjacent to an activating group) is 2. The van der Waals surface area contributed by atoms with E-state index in [9.17, 15) is 0 Å². The van der Waals surface area contributed by atoms with E-state index in [1.165, 1.54) is 32.7 Å². The molecule has 0 atom stereocenters. The van der Waals surface area contributed by atoms with E-state index in [-0.39, 0.29) is 0 Å². The number of hydrogen-bond donors (Lipinski definition) is 0. The summed E-state index contributed by atoms with van der Waals surface area (Å²) in [7, 11) is 8.19. The van der Waals surface area contributed by atoms with Crippen molar-refractivity contribution in [2.24, 2.45) is 20.5 Å². The van der Waals surface area contributed by atoms with Crippen LogP contribution in [-0.4, -0.2) is 64.2 Å². The van der Waals surface area contributed by atoms with Crippen molar-refractivity contribution in [1.29, 1.82) is 0 Å². The topological polar surface area (TPSA) is 55.9 Å². The van der Waals surface area contributed by atoms with Crippen molar-refractivity contribution in [3.05, 3.63) is 59.7 Å². The van der Waals surface area contributed by atoms with E-state index in [1.807, 2.05) is 28.2 Å². The van der Waals surface area contributed by atoms with Crippen LogP contribution in [0.5, 0.6) is 0 Å². The molecule has 0 amide bonds. The van der Waals surface area contributed by atoms with Crippen molar-refractivity contribution in [2.45, 2.75) is 13.1 Å². The van der Waals surface area contributed by atoms with Gasteiger partial charge in [0.1, 0.15) is 0 Å². The maximum absolute atomic E-state index is 4.50. The predicted molar refractivity (Wildman–Crippen MR) is 125 cm³/mol. The van der Waals surface area contributed by atoms with E-state index in [2.05, 4.69) is 78.8 Å². The molecule has 0 unspecified atom stereocenters. The third-order valence-corrected chi connectivity index (χ3v) is 5.11. The van der Waals surface area contributed by atoms with Gasteiger partial charge < -0.3 is 9.80 Å². The number of azo groups is 2. The van der Waals surface area contributed by atoms with E-state index in [0.29, 0.717) is 26.2 Å². The summed E-state index contributed by atoms with van der Waals surface area (Å²) in [5, 5.41) is 22.6. The minimum absolute atomic E-state index is 0.582. The summed E-state index contributed by atoms with van der Waals surface area (Å²) in [6, 6.07) is 17.1. The number of rotatable bonds is 10. The molecule has 0 aromatic heterocycles. The molecule has 3 aromatic carbocycles. The van der Waals surface area contributed by atoms with Crippen molar-refractivity contribution in [3.63, 3.8) is 0 Å². The van der Waals surface area contributed by atoms with Crippen LogP contribution in [0, 0.1) is 0 Å². The molecule has 6 heteroatoms. The summed E-state index contributed by atoms with van der Waals surface area (Å²) in [5.74, 6) is 0. The molecular weight excluding hydrogens is 372 g/mol. The number of hydrogen-bond acceptors (Lipinski definition) is 6. The summed E-state index contributed by atoms with van der Waals surface area (Å²) in [5.41, 5.74) is 2.45. The molecule has 0 radical (unpaired) electrons. The van der Waals surface area contributed by atoms with E-state index in [4.69, 9.17) is 0 Å². The Labute approximate surface area is 179 Å². The average Bonchev–Trinajstić information content (AvgIpc) is 2.73. The van der Waals surface area contributed by atoms with Crippen molar-refractivity contribution in [1.82, 2.24) is 9.80 Å². The molecule has 3 aromatic rings. The summed E-state index contributed by atoms with van der Waals surface area (Å²) < 4.78 is 0. The van der Waals surface area contributed by atoms with Crippen LogP contribution in [0.3, 0.4) is 0 Å². The van der Waals surface area contributed by atoms with E-state index in [0.717, 1.165) is 13.1 Å². The lowest BCUT2D eigenvalue weighted by Gasteiger charge is -2.14. The first kappa shape index (κ1) is 22.0. The molecule has 0 heterocycles. The molecule has 30 heavy (non-hydrogen) atoms. The Morgan fingerprint density at radius 1 is 0.533 bits per heavy atom. The molecule has 0 saturated heterocycles. The van der Waals surface area contributed by atoms with Gasteiger partial charge in [-0.2, -0.15) is 20.5 Å². The van der Waals surface area contributed by atoms with Gasteiger partial charge in [-0.3, -0.25) is 0 Å². The maximum Gasteiger partial charge on any atom is 0.0861 e. The van der Waals surface area contributed by atoms with Gasteiger partial charge in [-0.15, -0.1) is 0 Å². The number of benzene rings is 3. The van der Waals surface area contributed by atoms with E-state index < -0.39 is 0 Å². The van der Waals surface area contributed by atoms with Crippen LogP contribution in [0.15, 0.2) is 69.0 Å². The van der Waals surface area contributed by atoms with Gasteiger partial charge in [-0.1, -0.05) is 48.5 Å². The maximum atomic E-state index is 4.50. The average molecular weight is 405 g/mol. The zero-order chi connectivity index (χ0) is 21.3. The highest BCUT2D eigenvalue weighted by Gasteiger charge is 2.13. The lowest BCUT2D eigenvalue weighted by Crippen LogP contribution is -2.15. The van der Waals surface area contributed by atoms with Crippen LogP contribution in [-0.2, 0) is 13.1 Å². The quantitative estimate of drug-likeness (QED) is 0.352. The highest BCUT2D eigenvalue weighted by atomic mass is 15.1. The van der Waals surface area contributed by atoms with Gasteiger partial charge in [0.15, 0.2) is 0 Å². The fraction of sp³-hybridized carbons (Fsp3) is 0.417. The monoisotopic (exact) mass is 404 g/mol. The SMILES string of the molecule is CN(C)CCN=NCc1c2ccccc2c(CN=NCCN(C)C)c2ccccc12. The zero-order valence-electron chi connectivity index (χ0n) is 18.5. The molecule has 0 saturated carbocycles. The Balaban J connectivity index is 1.96. The Hall–Kier alpha value is -2.70.